The molecule has 0 aromatic heterocycles. The number of anilines is 1. The molecule has 2 fully saturated rings. The van der Waals surface area contributed by atoms with Crippen molar-refractivity contribution in [1.82, 2.24) is 4.90 Å². The third kappa shape index (κ3) is 2.66. The van der Waals surface area contributed by atoms with Crippen molar-refractivity contribution in [1.29, 1.82) is 0 Å². The Labute approximate surface area is 125 Å². The molecule has 2 unspecified atom stereocenters. The quantitative estimate of drug-likeness (QED) is 0.824. The Morgan fingerprint density at radius 2 is 1.52 bits per heavy atom. The van der Waals surface area contributed by atoms with E-state index >= 15 is 0 Å². The van der Waals surface area contributed by atoms with Gasteiger partial charge in [0.05, 0.1) is 11.8 Å². The predicted octanol–water partition coefficient (Wildman–Crippen LogP) is 3.44. The highest BCUT2D eigenvalue weighted by molar-refractivity contribution is 5.49. The molecule has 2 bridgehead atoms. The van der Waals surface area contributed by atoms with Crippen LogP contribution >= 0.6 is 0 Å². The molecular formula is C17H24F2N2. The van der Waals surface area contributed by atoms with Gasteiger partial charge < -0.3 is 9.80 Å². The highest BCUT2D eigenvalue weighted by Gasteiger charge is 2.54. The van der Waals surface area contributed by atoms with Gasteiger partial charge >= 0.3 is 0 Å². The monoisotopic (exact) mass is 294 g/mol. The number of nitrogens with zero attached hydrogens (tertiary/aromatic N) is 2. The standard InChI is InChI=1S/C17H24F2N2/c1-12(2)13-4-6-16(7-5-13)21-10-14-8-20(3)9-15(11-21)17(14,18)19/h4-7,12,14-15H,8-11H2,1-3H3. The first-order valence-corrected chi connectivity index (χ1v) is 7.79. The van der Waals surface area contributed by atoms with Gasteiger partial charge in [0.15, 0.2) is 0 Å². The van der Waals surface area contributed by atoms with Crippen molar-refractivity contribution in [3.05, 3.63) is 29.8 Å². The van der Waals surface area contributed by atoms with Crippen molar-refractivity contribution in [2.75, 3.05) is 38.1 Å². The van der Waals surface area contributed by atoms with Gasteiger partial charge in [0.25, 0.3) is 5.92 Å². The van der Waals surface area contributed by atoms with Crippen molar-refractivity contribution in [3.8, 4) is 0 Å². The number of piperidine rings is 2. The Morgan fingerprint density at radius 1 is 1.00 bits per heavy atom. The zero-order valence-corrected chi connectivity index (χ0v) is 13.0. The van der Waals surface area contributed by atoms with Crippen LogP contribution in [0.2, 0.25) is 0 Å². The summed E-state index contributed by atoms with van der Waals surface area (Å²) >= 11 is 0. The predicted molar refractivity (Wildman–Crippen MR) is 82.2 cm³/mol. The Hall–Kier alpha value is -1.16. The maximum Gasteiger partial charge on any atom is 0.259 e. The number of halogens is 2. The SMILES string of the molecule is CC(C)c1ccc(N2CC3CN(C)CC(C2)C3(F)F)cc1. The van der Waals surface area contributed by atoms with Gasteiger partial charge in [-0.1, -0.05) is 26.0 Å². The fraction of sp³-hybridized carbons (Fsp3) is 0.647. The topological polar surface area (TPSA) is 6.48 Å². The second kappa shape index (κ2) is 5.24. The summed E-state index contributed by atoms with van der Waals surface area (Å²) in [5.41, 5.74) is 2.37. The summed E-state index contributed by atoms with van der Waals surface area (Å²) in [5.74, 6) is -3.13. The average Bonchev–Trinajstić information content (AvgIpc) is 2.40. The van der Waals surface area contributed by atoms with E-state index in [1.54, 1.807) is 0 Å². The molecule has 2 aliphatic heterocycles. The lowest BCUT2D eigenvalue weighted by molar-refractivity contribution is -0.153. The van der Waals surface area contributed by atoms with Gasteiger partial charge in [-0.15, -0.1) is 0 Å². The van der Waals surface area contributed by atoms with Crippen molar-refractivity contribution in [2.24, 2.45) is 11.8 Å². The van der Waals surface area contributed by atoms with Crippen LogP contribution in [0.4, 0.5) is 14.5 Å². The van der Waals surface area contributed by atoms with E-state index in [2.05, 4.69) is 43.0 Å². The van der Waals surface area contributed by atoms with E-state index < -0.39 is 17.8 Å². The molecule has 2 atom stereocenters. The maximum absolute atomic E-state index is 14.3. The van der Waals surface area contributed by atoms with Crippen molar-refractivity contribution in [3.63, 3.8) is 0 Å². The van der Waals surface area contributed by atoms with E-state index in [0.717, 1.165) is 5.69 Å². The summed E-state index contributed by atoms with van der Waals surface area (Å²) < 4.78 is 28.6. The molecule has 2 nitrogen and oxygen atoms in total. The average molecular weight is 294 g/mol. The van der Waals surface area contributed by atoms with Crippen molar-refractivity contribution >= 4 is 5.69 Å². The first-order valence-electron chi connectivity index (χ1n) is 7.79. The zero-order chi connectivity index (χ0) is 15.2. The number of hydrogen-bond acceptors (Lipinski definition) is 2. The lowest BCUT2D eigenvalue weighted by Gasteiger charge is -2.50. The molecule has 2 saturated heterocycles. The van der Waals surface area contributed by atoms with Gasteiger partial charge in [-0.25, -0.2) is 8.78 Å². The van der Waals surface area contributed by atoms with E-state index in [1.807, 2.05) is 11.9 Å². The van der Waals surface area contributed by atoms with Crippen LogP contribution in [0.25, 0.3) is 0 Å². The molecule has 0 amide bonds. The van der Waals surface area contributed by atoms with Gasteiger partial charge in [-0.2, -0.15) is 0 Å². The number of fused-ring (bicyclic) bond motifs is 2. The molecule has 0 radical (unpaired) electrons. The Balaban J connectivity index is 1.79. The summed E-state index contributed by atoms with van der Waals surface area (Å²) in [6, 6.07) is 8.40. The van der Waals surface area contributed by atoms with E-state index in [4.69, 9.17) is 0 Å². The minimum absolute atomic E-state index is 0.453. The van der Waals surface area contributed by atoms with Gasteiger partial charge in [0.2, 0.25) is 0 Å². The van der Waals surface area contributed by atoms with Crippen LogP contribution in [-0.2, 0) is 0 Å². The van der Waals surface area contributed by atoms with Crippen molar-refractivity contribution in [2.45, 2.75) is 25.7 Å². The molecule has 0 saturated carbocycles. The normalized spacial score (nSPS) is 29.0. The van der Waals surface area contributed by atoms with Crippen molar-refractivity contribution < 1.29 is 8.78 Å². The maximum atomic E-state index is 14.3. The van der Waals surface area contributed by atoms with Crippen LogP contribution < -0.4 is 4.90 Å². The third-order valence-corrected chi connectivity index (χ3v) is 4.96. The molecular weight excluding hydrogens is 270 g/mol. The molecule has 0 aliphatic carbocycles. The Bertz CT molecular complexity index is 480. The first kappa shape index (κ1) is 14.8. The number of alkyl halides is 2. The van der Waals surface area contributed by atoms with Gasteiger partial charge in [-0.3, -0.25) is 0 Å². The summed E-state index contributed by atoms with van der Waals surface area (Å²) in [4.78, 5) is 4.19. The zero-order valence-electron chi connectivity index (χ0n) is 13.0. The van der Waals surface area contributed by atoms with Gasteiger partial charge in [-0.05, 0) is 30.7 Å². The van der Waals surface area contributed by atoms with Crippen LogP contribution in [0.1, 0.15) is 25.3 Å². The number of hydrogen-bond donors (Lipinski definition) is 0. The second-order valence-electron chi connectivity index (χ2n) is 6.94. The molecule has 0 N–H and O–H groups in total. The molecule has 21 heavy (non-hydrogen) atoms. The minimum Gasteiger partial charge on any atom is -0.370 e. The lowest BCUT2D eigenvalue weighted by atomic mass is 9.80. The van der Waals surface area contributed by atoms with Crippen LogP contribution in [-0.4, -0.2) is 44.0 Å². The molecule has 1 aromatic carbocycles. The van der Waals surface area contributed by atoms with Gasteiger partial charge in [0, 0.05) is 31.9 Å². The van der Waals surface area contributed by atoms with Crippen LogP contribution in [0.5, 0.6) is 0 Å². The van der Waals surface area contributed by atoms with Crippen LogP contribution in [0.3, 0.4) is 0 Å². The molecule has 2 heterocycles. The fourth-order valence-electron chi connectivity index (χ4n) is 3.65. The summed E-state index contributed by atoms with van der Waals surface area (Å²) in [6.07, 6.45) is 0. The van der Waals surface area contributed by atoms with Crippen LogP contribution in [0.15, 0.2) is 24.3 Å². The molecule has 2 aliphatic rings. The minimum atomic E-state index is -2.51. The fourth-order valence-corrected chi connectivity index (χ4v) is 3.65. The number of rotatable bonds is 2. The molecule has 116 valence electrons. The Morgan fingerprint density at radius 3 is 2.00 bits per heavy atom. The largest absolute Gasteiger partial charge is 0.370 e. The highest BCUT2D eigenvalue weighted by atomic mass is 19.3. The second-order valence-corrected chi connectivity index (χ2v) is 6.94. The summed E-state index contributed by atoms with van der Waals surface area (Å²) in [6.45, 7) is 6.21. The smallest absolute Gasteiger partial charge is 0.259 e. The molecule has 4 heteroatoms. The van der Waals surface area contributed by atoms with E-state index in [0.29, 0.717) is 32.1 Å². The molecule has 1 aromatic rings. The molecule has 0 spiro atoms. The van der Waals surface area contributed by atoms with Gasteiger partial charge in [0.1, 0.15) is 0 Å². The Kier molecular flexibility index (Phi) is 3.68. The highest BCUT2D eigenvalue weighted by Crippen LogP contribution is 2.43. The molecule has 3 rings (SSSR count). The van der Waals surface area contributed by atoms with E-state index in [-0.39, 0.29) is 0 Å². The van der Waals surface area contributed by atoms with E-state index in [9.17, 15) is 8.78 Å². The first-order chi connectivity index (χ1) is 9.88. The lowest BCUT2D eigenvalue weighted by Crippen LogP contribution is -2.63. The summed E-state index contributed by atoms with van der Waals surface area (Å²) in [5, 5.41) is 0. The summed E-state index contributed by atoms with van der Waals surface area (Å²) in [7, 11) is 1.95. The third-order valence-electron chi connectivity index (χ3n) is 4.96. The van der Waals surface area contributed by atoms with E-state index in [1.165, 1.54) is 5.56 Å². The number of benzene rings is 1. The van der Waals surface area contributed by atoms with Crippen LogP contribution in [0, 0.1) is 11.8 Å². The number of likely N-dealkylation sites (tertiary alicyclic amines) is 1.